The van der Waals surface area contributed by atoms with Crippen molar-refractivity contribution in [3.63, 3.8) is 0 Å². The highest BCUT2D eigenvalue weighted by Crippen LogP contribution is 2.38. The number of carbonyl (C=O) groups excluding carboxylic acids is 1. The SMILES string of the molecule is CC1(Cc2ccc(C(C)(C)C)cc2)Cc2cc(C(=O)N(CC(=O)O)CC3CCCCC3)ccc2O1. The highest BCUT2D eigenvalue weighted by molar-refractivity contribution is 5.96. The van der Waals surface area contributed by atoms with E-state index < -0.39 is 5.97 Å². The Labute approximate surface area is 209 Å². The van der Waals surface area contributed by atoms with Gasteiger partial charge in [-0.2, -0.15) is 0 Å². The van der Waals surface area contributed by atoms with E-state index in [0.717, 1.165) is 43.4 Å². The molecule has 0 radical (unpaired) electrons. The van der Waals surface area contributed by atoms with Gasteiger partial charge in [0.05, 0.1) is 0 Å². The Balaban J connectivity index is 1.46. The molecule has 5 nitrogen and oxygen atoms in total. The van der Waals surface area contributed by atoms with Gasteiger partial charge in [-0.1, -0.05) is 64.3 Å². The fraction of sp³-hybridized carbons (Fsp3) is 0.533. The Hall–Kier alpha value is -2.82. The molecule has 1 aliphatic carbocycles. The average molecular weight is 478 g/mol. The second-order valence-corrected chi connectivity index (χ2v) is 11.8. The van der Waals surface area contributed by atoms with Gasteiger partial charge >= 0.3 is 5.97 Å². The molecule has 0 bridgehead atoms. The molecule has 188 valence electrons. The lowest BCUT2D eigenvalue weighted by atomic mass is 9.85. The minimum Gasteiger partial charge on any atom is -0.487 e. The number of carbonyl (C=O) groups is 2. The number of hydrogen-bond acceptors (Lipinski definition) is 3. The molecule has 0 spiro atoms. The molecule has 1 heterocycles. The Bertz CT molecular complexity index is 1060. The first-order valence-corrected chi connectivity index (χ1v) is 12.9. The van der Waals surface area contributed by atoms with Crippen LogP contribution < -0.4 is 4.74 Å². The quantitative estimate of drug-likeness (QED) is 0.529. The Morgan fingerprint density at radius 1 is 1.06 bits per heavy atom. The molecular weight excluding hydrogens is 438 g/mol. The summed E-state index contributed by atoms with van der Waals surface area (Å²) in [4.78, 5) is 26.4. The number of rotatable bonds is 7. The van der Waals surface area contributed by atoms with Crippen molar-refractivity contribution in [2.24, 2.45) is 5.92 Å². The van der Waals surface area contributed by atoms with Crippen LogP contribution in [0.2, 0.25) is 0 Å². The maximum Gasteiger partial charge on any atom is 0.323 e. The van der Waals surface area contributed by atoms with E-state index in [-0.39, 0.29) is 23.5 Å². The van der Waals surface area contributed by atoms with E-state index in [1.807, 2.05) is 12.1 Å². The van der Waals surface area contributed by atoms with Crippen molar-refractivity contribution in [1.82, 2.24) is 4.90 Å². The summed E-state index contributed by atoms with van der Waals surface area (Å²) in [6.07, 6.45) is 7.18. The van der Waals surface area contributed by atoms with Crippen molar-refractivity contribution in [3.05, 3.63) is 64.7 Å². The Kier molecular flexibility index (Phi) is 7.25. The van der Waals surface area contributed by atoms with Crippen LogP contribution in [-0.2, 0) is 23.1 Å². The molecular formula is C30H39NO4. The topological polar surface area (TPSA) is 66.8 Å². The zero-order chi connectivity index (χ0) is 25.2. The van der Waals surface area contributed by atoms with E-state index in [1.54, 1.807) is 6.07 Å². The van der Waals surface area contributed by atoms with Crippen LogP contribution in [0.5, 0.6) is 5.75 Å². The number of aliphatic carboxylic acids is 1. The molecule has 1 aliphatic heterocycles. The molecule has 1 N–H and O–H groups in total. The number of ether oxygens (including phenoxy) is 1. The first-order chi connectivity index (χ1) is 16.5. The third kappa shape index (κ3) is 6.25. The maximum absolute atomic E-state index is 13.3. The molecule has 0 saturated heterocycles. The molecule has 4 rings (SSSR count). The van der Waals surface area contributed by atoms with Gasteiger partial charge in [0.1, 0.15) is 17.9 Å². The predicted molar refractivity (Wildman–Crippen MR) is 138 cm³/mol. The molecule has 0 aromatic heterocycles. The molecule has 1 unspecified atom stereocenters. The van der Waals surface area contributed by atoms with Crippen LogP contribution in [0.1, 0.15) is 86.8 Å². The van der Waals surface area contributed by atoms with Crippen LogP contribution in [0.25, 0.3) is 0 Å². The van der Waals surface area contributed by atoms with Gasteiger partial charge in [-0.3, -0.25) is 9.59 Å². The van der Waals surface area contributed by atoms with Crippen LogP contribution in [0.3, 0.4) is 0 Å². The van der Waals surface area contributed by atoms with Gasteiger partial charge < -0.3 is 14.7 Å². The van der Waals surface area contributed by atoms with Crippen molar-refractivity contribution < 1.29 is 19.4 Å². The molecule has 2 aromatic carbocycles. The lowest BCUT2D eigenvalue weighted by Gasteiger charge is -2.29. The van der Waals surface area contributed by atoms with E-state index in [0.29, 0.717) is 24.4 Å². The standard InChI is InChI=1S/C30H39NO4/c1-29(2,3)25-13-10-21(11-14-25)17-30(4)18-24-16-23(12-15-26(24)35-30)28(34)31(20-27(32)33)19-22-8-6-5-7-9-22/h10-16,22H,5-9,17-20H2,1-4H3,(H,32,33). The highest BCUT2D eigenvalue weighted by Gasteiger charge is 2.36. The fourth-order valence-electron chi connectivity index (χ4n) is 5.55. The number of carboxylic acids is 1. The zero-order valence-electron chi connectivity index (χ0n) is 21.6. The minimum atomic E-state index is -0.969. The summed E-state index contributed by atoms with van der Waals surface area (Å²) >= 11 is 0. The first kappa shape index (κ1) is 25.3. The van der Waals surface area contributed by atoms with E-state index in [9.17, 15) is 14.7 Å². The molecule has 1 amide bonds. The van der Waals surface area contributed by atoms with Gasteiger partial charge in [0.15, 0.2) is 0 Å². The third-order valence-electron chi connectivity index (χ3n) is 7.44. The molecule has 2 aromatic rings. The summed E-state index contributed by atoms with van der Waals surface area (Å²) in [6, 6.07) is 14.3. The normalized spacial score (nSPS) is 20.2. The van der Waals surface area contributed by atoms with Crippen molar-refractivity contribution >= 4 is 11.9 Å². The Morgan fingerprint density at radius 2 is 1.74 bits per heavy atom. The molecule has 1 saturated carbocycles. The van der Waals surface area contributed by atoms with Gasteiger partial charge in [-0.15, -0.1) is 0 Å². The number of hydrogen-bond donors (Lipinski definition) is 1. The van der Waals surface area contributed by atoms with Crippen LogP contribution in [0.15, 0.2) is 42.5 Å². The summed E-state index contributed by atoms with van der Waals surface area (Å²) in [5.41, 5.74) is 3.84. The summed E-state index contributed by atoms with van der Waals surface area (Å²) in [7, 11) is 0. The van der Waals surface area contributed by atoms with Crippen molar-refractivity contribution in [2.45, 2.75) is 83.7 Å². The highest BCUT2D eigenvalue weighted by atomic mass is 16.5. The van der Waals surface area contributed by atoms with E-state index in [2.05, 4.69) is 52.0 Å². The van der Waals surface area contributed by atoms with E-state index >= 15 is 0 Å². The number of benzene rings is 2. The molecule has 1 atom stereocenters. The molecule has 1 fully saturated rings. The second kappa shape index (κ2) is 10.0. The third-order valence-corrected chi connectivity index (χ3v) is 7.44. The Morgan fingerprint density at radius 3 is 2.37 bits per heavy atom. The van der Waals surface area contributed by atoms with Gasteiger partial charge in [0.25, 0.3) is 5.91 Å². The zero-order valence-corrected chi connectivity index (χ0v) is 21.6. The summed E-state index contributed by atoms with van der Waals surface area (Å²) in [5.74, 6) is 0.0288. The lowest BCUT2D eigenvalue weighted by molar-refractivity contribution is -0.137. The number of amides is 1. The van der Waals surface area contributed by atoms with E-state index in [1.165, 1.54) is 22.4 Å². The number of nitrogens with zero attached hydrogens (tertiary/aromatic N) is 1. The minimum absolute atomic E-state index is 0.122. The number of carboxylic acid groups (broad SMARTS) is 1. The number of fused-ring (bicyclic) bond motifs is 1. The molecule has 35 heavy (non-hydrogen) atoms. The van der Waals surface area contributed by atoms with Crippen LogP contribution in [-0.4, -0.2) is 40.6 Å². The van der Waals surface area contributed by atoms with Gasteiger partial charge in [-0.05, 0) is 66.0 Å². The van der Waals surface area contributed by atoms with Crippen molar-refractivity contribution in [1.29, 1.82) is 0 Å². The van der Waals surface area contributed by atoms with Gasteiger partial charge in [0, 0.05) is 24.9 Å². The summed E-state index contributed by atoms with van der Waals surface area (Å²) < 4.78 is 6.36. The predicted octanol–water partition coefficient (Wildman–Crippen LogP) is 6.03. The lowest BCUT2D eigenvalue weighted by Crippen LogP contribution is -2.39. The van der Waals surface area contributed by atoms with Crippen LogP contribution in [0.4, 0.5) is 0 Å². The smallest absolute Gasteiger partial charge is 0.323 e. The van der Waals surface area contributed by atoms with Gasteiger partial charge in [-0.25, -0.2) is 0 Å². The second-order valence-electron chi connectivity index (χ2n) is 11.8. The van der Waals surface area contributed by atoms with Crippen LogP contribution in [0, 0.1) is 5.92 Å². The van der Waals surface area contributed by atoms with Gasteiger partial charge in [0.2, 0.25) is 0 Å². The largest absolute Gasteiger partial charge is 0.487 e. The fourth-order valence-corrected chi connectivity index (χ4v) is 5.55. The van der Waals surface area contributed by atoms with Crippen molar-refractivity contribution in [2.75, 3.05) is 13.1 Å². The average Bonchev–Trinajstić information content (AvgIpc) is 3.13. The van der Waals surface area contributed by atoms with E-state index in [4.69, 9.17) is 4.74 Å². The molecule has 5 heteroatoms. The van der Waals surface area contributed by atoms with Crippen molar-refractivity contribution in [3.8, 4) is 5.75 Å². The summed E-state index contributed by atoms with van der Waals surface area (Å²) in [6.45, 7) is 9.02. The maximum atomic E-state index is 13.3. The monoisotopic (exact) mass is 477 g/mol. The first-order valence-electron chi connectivity index (χ1n) is 12.9. The van der Waals surface area contributed by atoms with Crippen LogP contribution >= 0.6 is 0 Å². The molecule has 2 aliphatic rings. The summed E-state index contributed by atoms with van der Waals surface area (Å²) in [5, 5.41) is 9.42.